The Balaban J connectivity index is 2.38. The number of amides is 2. The molecule has 1 N–H and O–H groups in total. The van der Waals surface area contributed by atoms with Gasteiger partial charge in [0.05, 0.1) is 12.3 Å². The molecule has 1 aliphatic heterocycles. The second-order valence-corrected chi connectivity index (χ2v) is 7.91. The molecule has 0 saturated carbocycles. The van der Waals surface area contributed by atoms with E-state index >= 15 is 0 Å². The second kappa shape index (κ2) is 6.56. The molecule has 0 aromatic carbocycles. The molecular weight excluding hydrogens is 320 g/mol. The predicted molar refractivity (Wildman–Crippen MR) is 75.5 cm³/mol. The fraction of sp³-hybridized carbons (Fsp3) is 0.727. The van der Waals surface area contributed by atoms with Crippen molar-refractivity contribution in [2.24, 2.45) is 0 Å². The molecule has 7 heteroatoms. The van der Waals surface area contributed by atoms with E-state index in [0.717, 1.165) is 10.9 Å². The number of rotatable bonds is 4. The van der Waals surface area contributed by atoms with E-state index in [-0.39, 0.29) is 17.8 Å². The number of urea groups is 1. The lowest BCUT2D eigenvalue weighted by atomic mass is 10.2. The van der Waals surface area contributed by atoms with Crippen LogP contribution in [-0.2, 0) is 9.84 Å². The molecule has 0 aromatic rings. The van der Waals surface area contributed by atoms with Crippen molar-refractivity contribution in [2.45, 2.75) is 25.8 Å². The van der Waals surface area contributed by atoms with Crippen molar-refractivity contribution in [2.75, 3.05) is 25.1 Å². The number of carbonyl (C=O) groups excluding carboxylic acids is 1. The molecule has 0 spiro atoms. The quantitative estimate of drug-likeness (QED) is 0.844. The summed E-state index contributed by atoms with van der Waals surface area (Å²) in [5, 5.41) is 2.82. The lowest BCUT2D eigenvalue weighted by Gasteiger charge is -2.27. The van der Waals surface area contributed by atoms with Crippen LogP contribution in [0.15, 0.2) is 10.6 Å². The number of nitrogens with one attached hydrogen (secondary N) is 1. The van der Waals surface area contributed by atoms with Gasteiger partial charge in [-0.05, 0) is 19.8 Å². The van der Waals surface area contributed by atoms with Crippen molar-refractivity contribution in [1.29, 1.82) is 0 Å². The predicted octanol–water partition coefficient (Wildman–Crippen LogP) is 1.50. The van der Waals surface area contributed by atoms with Gasteiger partial charge in [0, 0.05) is 23.3 Å². The van der Waals surface area contributed by atoms with Crippen LogP contribution in [0.3, 0.4) is 0 Å². The maximum Gasteiger partial charge on any atom is 0.317 e. The first-order valence-corrected chi connectivity index (χ1v) is 8.71. The molecule has 104 valence electrons. The smallest absolute Gasteiger partial charge is 0.317 e. The zero-order valence-electron chi connectivity index (χ0n) is 10.6. The number of carbonyl (C=O) groups is 1. The maximum atomic E-state index is 11.9. The summed E-state index contributed by atoms with van der Waals surface area (Å²) >= 11 is 3.38. The van der Waals surface area contributed by atoms with Crippen LogP contribution in [-0.4, -0.2) is 50.5 Å². The summed E-state index contributed by atoms with van der Waals surface area (Å²) in [7, 11) is -2.97. The zero-order chi connectivity index (χ0) is 13.8. The van der Waals surface area contributed by atoms with Crippen LogP contribution in [0.5, 0.6) is 0 Å². The van der Waals surface area contributed by atoms with Gasteiger partial charge in [-0.15, -0.1) is 0 Å². The Labute approximate surface area is 117 Å². The van der Waals surface area contributed by atoms with Crippen LogP contribution in [0.25, 0.3) is 0 Å². The Morgan fingerprint density at radius 2 is 2.28 bits per heavy atom. The highest BCUT2D eigenvalue weighted by Crippen LogP contribution is 2.14. The van der Waals surface area contributed by atoms with Crippen molar-refractivity contribution in [1.82, 2.24) is 10.2 Å². The van der Waals surface area contributed by atoms with E-state index in [0.29, 0.717) is 19.5 Å². The fourth-order valence-corrected chi connectivity index (χ4v) is 2.95. The van der Waals surface area contributed by atoms with E-state index in [2.05, 4.69) is 27.3 Å². The van der Waals surface area contributed by atoms with Crippen LogP contribution in [0.4, 0.5) is 4.79 Å². The SMILES string of the molecule is C[C@H](CCS(C)(=O)=O)NC(=O)N1CCC=C(Br)C1. The molecule has 0 bridgehead atoms. The molecule has 0 unspecified atom stereocenters. The van der Waals surface area contributed by atoms with Crippen LogP contribution in [0.1, 0.15) is 19.8 Å². The summed E-state index contributed by atoms with van der Waals surface area (Å²) < 4.78 is 23.1. The van der Waals surface area contributed by atoms with E-state index in [1.54, 1.807) is 4.90 Å². The number of sulfone groups is 1. The minimum absolute atomic E-state index is 0.0953. The zero-order valence-corrected chi connectivity index (χ0v) is 13.1. The summed E-state index contributed by atoms with van der Waals surface area (Å²) in [6, 6.07) is -0.280. The topological polar surface area (TPSA) is 66.5 Å². The third kappa shape index (κ3) is 5.86. The summed E-state index contributed by atoms with van der Waals surface area (Å²) in [6.45, 7) is 3.09. The number of hydrogen-bond acceptors (Lipinski definition) is 3. The van der Waals surface area contributed by atoms with Crippen LogP contribution in [0, 0.1) is 0 Å². The van der Waals surface area contributed by atoms with Crippen LogP contribution >= 0.6 is 15.9 Å². The van der Waals surface area contributed by atoms with Crippen molar-refractivity contribution in [3.8, 4) is 0 Å². The van der Waals surface area contributed by atoms with Crippen molar-refractivity contribution < 1.29 is 13.2 Å². The van der Waals surface area contributed by atoms with E-state index in [1.165, 1.54) is 6.26 Å². The third-order valence-corrected chi connectivity index (χ3v) is 4.24. The highest BCUT2D eigenvalue weighted by Gasteiger charge is 2.19. The molecule has 0 aliphatic carbocycles. The summed E-state index contributed by atoms with van der Waals surface area (Å²) in [5.74, 6) is 0.0953. The molecule has 1 rings (SSSR count). The minimum Gasteiger partial charge on any atom is -0.335 e. The number of nitrogens with zero attached hydrogens (tertiary/aromatic N) is 1. The summed E-state index contributed by atoms with van der Waals surface area (Å²) in [5.41, 5.74) is 0. The molecule has 2 amide bonds. The first-order valence-electron chi connectivity index (χ1n) is 5.85. The Hall–Kier alpha value is -0.560. The first-order chi connectivity index (χ1) is 8.28. The summed E-state index contributed by atoms with van der Waals surface area (Å²) in [6.07, 6.45) is 4.53. The van der Waals surface area contributed by atoms with E-state index in [1.807, 2.05) is 6.92 Å². The Kier molecular flexibility index (Phi) is 5.65. The molecule has 0 fully saturated rings. The minimum atomic E-state index is -2.97. The molecule has 5 nitrogen and oxygen atoms in total. The van der Waals surface area contributed by atoms with Gasteiger partial charge in [-0.2, -0.15) is 0 Å². The van der Waals surface area contributed by atoms with Crippen LogP contribution in [0.2, 0.25) is 0 Å². The molecule has 1 atom stereocenters. The number of halogens is 1. The van der Waals surface area contributed by atoms with Gasteiger partial charge in [-0.25, -0.2) is 13.2 Å². The average Bonchev–Trinajstić information content (AvgIpc) is 2.25. The third-order valence-electron chi connectivity index (χ3n) is 2.69. The van der Waals surface area contributed by atoms with E-state index in [9.17, 15) is 13.2 Å². The molecule has 0 saturated heterocycles. The first kappa shape index (κ1) is 15.5. The monoisotopic (exact) mass is 338 g/mol. The second-order valence-electron chi connectivity index (χ2n) is 4.63. The molecular formula is C11H19BrN2O3S. The van der Waals surface area contributed by atoms with Gasteiger partial charge >= 0.3 is 6.03 Å². The standard InChI is InChI=1S/C11H19BrN2O3S/c1-9(5-7-18(2,16)17)13-11(15)14-6-3-4-10(12)8-14/h4,9H,3,5-8H2,1-2H3,(H,13,15)/t9-/m1/s1. The lowest BCUT2D eigenvalue weighted by Crippen LogP contribution is -2.46. The van der Waals surface area contributed by atoms with Gasteiger partial charge in [0.2, 0.25) is 0 Å². The Bertz CT molecular complexity index is 434. The maximum absolute atomic E-state index is 11.9. The van der Waals surface area contributed by atoms with Gasteiger partial charge < -0.3 is 10.2 Å². The molecule has 1 heterocycles. The molecule has 1 aliphatic rings. The number of hydrogen-bond donors (Lipinski definition) is 1. The molecule has 0 radical (unpaired) electrons. The highest BCUT2D eigenvalue weighted by atomic mass is 79.9. The Morgan fingerprint density at radius 3 is 2.83 bits per heavy atom. The van der Waals surface area contributed by atoms with Crippen molar-refractivity contribution >= 4 is 31.8 Å². The van der Waals surface area contributed by atoms with Crippen LogP contribution < -0.4 is 5.32 Å². The highest BCUT2D eigenvalue weighted by molar-refractivity contribution is 9.11. The largest absolute Gasteiger partial charge is 0.335 e. The molecule has 18 heavy (non-hydrogen) atoms. The van der Waals surface area contributed by atoms with Gasteiger partial charge in [0.1, 0.15) is 9.84 Å². The van der Waals surface area contributed by atoms with Gasteiger partial charge in [0.25, 0.3) is 0 Å². The van der Waals surface area contributed by atoms with Gasteiger partial charge in [-0.1, -0.05) is 22.0 Å². The van der Waals surface area contributed by atoms with E-state index < -0.39 is 9.84 Å². The fourth-order valence-electron chi connectivity index (χ4n) is 1.64. The van der Waals surface area contributed by atoms with E-state index in [4.69, 9.17) is 0 Å². The lowest BCUT2D eigenvalue weighted by molar-refractivity contribution is 0.198. The van der Waals surface area contributed by atoms with Crippen molar-refractivity contribution in [3.63, 3.8) is 0 Å². The van der Waals surface area contributed by atoms with Crippen molar-refractivity contribution in [3.05, 3.63) is 10.6 Å². The Morgan fingerprint density at radius 1 is 1.61 bits per heavy atom. The molecule has 0 aromatic heterocycles. The normalized spacial score (nSPS) is 18.2. The summed E-state index contributed by atoms with van der Waals surface area (Å²) in [4.78, 5) is 13.6. The van der Waals surface area contributed by atoms with Gasteiger partial charge in [0.15, 0.2) is 0 Å². The average molecular weight is 339 g/mol. The van der Waals surface area contributed by atoms with Gasteiger partial charge in [-0.3, -0.25) is 0 Å².